The maximum Gasteiger partial charge on any atom is 0.188 e. The van der Waals surface area contributed by atoms with Crippen LogP contribution >= 0.6 is 11.8 Å². The molecule has 7 heteroatoms. The maximum atomic E-state index is 13.0. The van der Waals surface area contributed by atoms with E-state index in [2.05, 4.69) is 22.2 Å². The van der Waals surface area contributed by atoms with Crippen molar-refractivity contribution in [2.75, 3.05) is 6.61 Å². The topological polar surface area (TPSA) is 60.2 Å². The second-order valence-electron chi connectivity index (χ2n) is 5.99. The normalized spacial score (nSPS) is 15.8. The Hall–Kier alpha value is -2.38. The van der Waals surface area contributed by atoms with Crippen LogP contribution in [0.1, 0.15) is 22.5 Å². The van der Waals surface area contributed by atoms with Gasteiger partial charge in [-0.1, -0.05) is 18.2 Å². The molecule has 0 amide bonds. The summed E-state index contributed by atoms with van der Waals surface area (Å²) in [5.41, 5.74) is 1.31. The Labute approximate surface area is 154 Å². The van der Waals surface area contributed by atoms with Crippen LogP contribution in [-0.2, 0) is 19.6 Å². The van der Waals surface area contributed by atoms with Crippen molar-refractivity contribution in [1.29, 1.82) is 0 Å². The molecule has 3 aromatic rings. The van der Waals surface area contributed by atoms with Crippen molar-refractivity contribution in [3.05, 3.63) is 71.6 Å². The van der Waals surface area contributed by atoms with Gasteiger partial charge in [0.2, 0.25) is 0 Å². The fourth-order valence-corrected chi connectivity index (χ4v) is 4.28. The Morgan fingerprint density at radius 1 is 1.19 bits per heavy atom. The van der Waals surface area contributed by atoms with E-state index in [9.17, 15) is 9.50 Å². The summed E-state index contributed by atoms with van der Waals surface area (Å²) in [6.45, 7) is 0.590. The van der Waals surface area contributed by atoms with Gasteiger partial charge in [-0.05, 0) is 42.3 Å². The van der Waals surface area contributed by atoms with Gasteiger partial charge in [-0.2, -0.15) is 5.10 Å². The van der Waals surface area contributed by atoms with E-state index in [4.69, 9.17) is 4.74 Å². The number of benzene rings is 2. The first-order valence-electron chi connectivity index (χ1n) is 8.40. The molecule has 1 N–H and O–H groups in total. The molecule has 0 saturated heterocycles. The van der Waals surface area contributed by atoms with Gasteiger partial charge in [0.25, 0.3) is 0 Å². The van der Waals surface area contributed by atoms with Crippen molar-refractivity contribution < 1.29 is 14.2 Å². The number of fused-ring (bicyclic) bond motifs is 1. The van der Waals surface area contributed by atoms with Crippen LogP contribution in [0.15, 0.2) is 53.4 Å². The van der Waals surface area contributed by atoms with Crippen molar-refractivity contribution in [2.24, 2.45) is 0 Å². The Morgan fingerprint density at radius 2 is 2.00 bits per heavy atom. The van der Waals surface area contributed by atoms with Gasteiger partial charge in [0.05, 0.1) is 18.4 Å². The van der Waals surface area contributed by atoms with Crippen LogP contribution in [0.5, 0.6) is 5.75 Å². The molecular weight excluding hydrogens is 353 g/mol. The summed E-state index contributed by atoms with van der Waals surface area (Å²) in [5, 5.41) is 14.0. The molecule has 1 aliphatic rings. The zero-order valence-corrected chi connectivity index (χ0v) is 14.8. The predicted molar refractivity (Wildman–Crippen MR) is 96.6 cm³/mol. The van der Waals surface area contributed by atoms with E-state index in [0.717, 1.165) is 12.2 Å². The third kappa shape index (κ3) is 3.59. The number of aliphatic hydroxyl groups excluding tert-OH is 1. The molecule has 0 spiro atoms. The predicted octanol–water partition coefficient (Wildman–Crippen LogP) is 3.38. The van der Waals surface area contributed by atoms with Crippen LogP contribution in [0.2, 0.25) is 0 Å². The molecule has 2 aromatic carbocycles. The molecular formula is C19H18FN3O2S. The van der Waals surface area contributed by atoms with Crippen LogP contribution in [0.25, 0.3) is 0 Å². The smallest absolute Gasteiger partial charge is 0.188 e. The quantitative estimate of drug-likeness (QED) is 0.720. The number of nitrogens with zero attached hydrogens (tertiary/aromatic N) is 3. The van der Waals surface area contributed by atoms with E-state index in [-0.39, 0.29) is 24.3 Å². The van der Waals surface area contributed by atoms with E-state index in [0.29, 0.717) is 18.1 Å². The van der Waals surface area contributed by atoms with Gasteiger partial charge >= 0.3 is 0 Å². The lowest BCUT2D eigenvalue weighted by atomic mass is 10.1. The molecule has 1 atom stereocenters. The monoisotopic (exact) mass is 371 g/mol. The van der Waals surface area contributed by atoms with Crippen LogP contribution < -0.4 is 4.74 Å². The van der Waals surface area contributed by atoms with Crippen LogP contribution in [-0.4, -0.2) is 26.5 Å². The van der Waals surface area contributed by atoms with Gasteiger partial charge in [0.1, 0.15) is 24.0 Å². The van der Waals surface area contributed by atoms with E-state index >= 15 is 0 Å². The van der Waals surface area contributed by atoms with E-state index < -0.39 is 0 Å². The first-order chi connectivity index (χ1) is 12.7. The lowest BCUT2D eigenvalue weighted by molar-refractivity contribution is 0.264. The van der Waals surface area contributed by atoms with E-state index in [1.807, 2.05) is 12.1 Å². The molecule has 5 nitrogen and oxygen atoms in total. The van der Waals surface area contributed by atoms with Gasteiger partial charge in [-0.15, -0.1) is 11.8 Å². The molecule has 134 valence electrons. The molecule has 0 saturated carbocycles. The third-order valence-corrected chi connectivity index (χ3v) is 5.49. The van der Waals surface area contributed by atoms with Crippen molar-refractivity contribution in [3.63, 3.8) is 0 Å². The largest absolute Gasteiger partial charge is 0.486 e. The van der Waals surface area contributed by atoms with Crippen molar-refractivity contribution in [1.82, 2.24) is 14.8 Å². The zero-order valence-electron chi connectivity index (χ0n) is 14.0. The number of hydrogen-bond acceptors (Lipinski definition) is 5. The molecule has 26 heavy (non-hydrogen) atoms. The van der Waals surface area contributed by atoms with Gasteiger partial charge in [-0.3, -0.25) is 0 Å². The van der Waals surface area contributed by atoms with Crippen LogP contribution in [0.4, 0.5) is 4.39 Å². The van der Waals surface area contributed by atoms with Crippen LogP contribution in [0, 0.1) is 5.82 Å². The third-order valence-electron chi connectivity index (χ3n) is 4.17. The molecule has 1 aliphatic heterocycles. The number of thioether (sulfide) groups is 1. The van der Waals surface area contributed by atoms with E-state index in [1.54, 1.807) is 28.6 Å². The maximum absolute atomic E-state index is 13.0. The molecule has 0 fully saturated rings. The average Bonchev–Trinajstić information content (AvgIpc) is 3.25. The minimum Gasteiger partial charge on any atom is -0.486 e. The number of aromatic nitrogens is 3. The zero-order chi connectivity index (χ0) is 17.9. The number of hydrogen-bond donors (Lipinski definition) is 1. The average molecular weight is 371 g/mol. The number of rotatable bonds is 6. The lowest BCUT2D eigenvalue weighted by Crippen LogP contribution is -2.11. The molecule has 1 unspecified atom stereocenters. The molecule has 4 rings (SSSR count). The summed E-state index contributed by atoms with van der Waals surface area (Å²) in [5.74, 6) is 1.66. The second kappa shape index (κ2) is 7.47. The second-order valence-corrected chi connectivity index (χ2v) is 7.24. The number of ether oxygens (including phenoxy) is 1. The van der Waals surface area contributed by atoms with Crippen molar-refractivity contribution >= 4 is 11.8 Å². The van der Waals surface area contributed by atoms with Gasteiger partial charge in [0, 0.05) is 4.90 Å². The summed E-state index contributed by atoms with van der Waals surface area (Å²) in [4.78, 5) is 5.91. The Morgan fingerprint density at radius 3 is 2.77 bits per heavy atom. The molecule has 0 bridgehead atoms. The Balaban J connectivity index is 1.51. The summed E-state index contributed by atoms with van der Waals surface area (Å²) >= 11 is 1.77. The van der Waals surface area contributed by atoms with Gasteiger partial charge in [0.15, 0.2) is 5.82 Å². The van der Waals surface area contributed by atoms with Crippen molar-refractivity contribution in [3.8, 4) is 5.75 Å². The van der Waals surface area contributed by atoms with E-state index in [1.165, 1.54) is 22.6 Å². The minimum absolute atomic E-state index is 0.00104. The number of halogens is 1. The lowest BCUT2D eigenvalue weighted by Gasteiger charge is -2.09. The van der Waals surface area contributed by atoms with Crippen molar-refractivity contribution in [2.45, 2.75) is 29.7 Å². The molecule has 1 aromatic heterocycles. The summed E-state index contributed by atoms with van der Waals surface area (Å²) < 4.78 is 20.4. The summed E-state index contributed by atoms with van der Waals surface area (Å²) in [7, 11) is 0. The van der Waals surface area contributed by atoms with Gasteiger partial charge in [-0.25, -0.2) is 14.1 Å². The van der Waals surface area contributed by atoms with Gasteiger partial charge < -0.3 is 9.84 Å². The Kier molecular flexibility index (Phi) is 4.90. The highest BCUT2D eigenvalue weighted by Gasteiger charge is 2.28. The first-order valence-corrected chi connectivity index (χ1v) is 9.28. The summed E-state index contributed by atoms with van der Waals surface area (Å²) in [6.07, 6.45) is 0.892. The van der Waals surface area contributed by atoms with Crippen LogP contribution in [0.3, 0.4) is 0 Å². The highest BCUT2D eigenvalue weighted by molar-refractivity contribution is 7.99. The SMILES string of the molecule is OCCn1nc(COc2ccc(F)cc2)nc1C1Cc2ccccc2S1. The number of aliphatic hydroxyl groups is 1. The summed E-state index contributed by atoms with van der Waals surface area (Å²) in [6, 6.07) is 14.2. The molecule has 0 aliphatic carbocycles. The Bertz CT molecular complexity index is 873. The minimum atomic E-state index is -0.303. The first kappa shape index (κ1) is 17.1. The highest BCUT2D eigenvalue weighted by Crippen LogP contribution is 2.45. The molecule has 0 radical (unpaired) electrons. The fraction of sp³-hybridized carbons (Fsp3) is 0.263. The highest BCUT2D eigenvalue weighted by atomic mass is 32.2. The fourth-order valence-electron chi connectivity index (χ4n) is 2.97. The molecule has 2 heterocycles. The standard InChI is InChI=1S/C19H18FN3O2S/c20-14-5-7-15(8-6-14)25-12-18-21-19(23(22-18)9-10-24)17-11-13-3-1-2-4-16(13)26-17/h1-8,17,24H,9-12H2.